The Bertz CT molecular complexity index is 882. The van der Waals surface area contributed by atoms with E-state index in [1.165, 1.54) is 0 Å². The normalized spacial score (nSPS) is 11.4. The second-order valence-corrected chi connectivity index (χ2v) is 6.45. The Morgan fingerprint density at radius 3 is 2.61 bits per heavy atom. The second-order valence-electron chi connectivity index (χ2n) is 6.06. The summed E-state index contributed by atoms with van der Waals surface area (Å²) in [4.78, 5) is 38.2. The van der Waals surface area contributed by atoms with E-state index in [9.17, 15) is 14.4 Å². The first-order valence-corrected chi connectivity index (χ1v) is 7.36. The van der Waals surface area contributed by atoms with Gasteiger partial charge in [-0.25, -0.2) is 0 Å². The number of nitrogens with one attached hydrogen (secondary N) is 2. The van der Waals surface area contributed by atoms with E-state index in [0.717, 1.165) is 4.68 Å². The number of carboxylic acids is 1. The molecule has 23 heavy (non-hydrogen) atoms. The van der Waals surface area contributed by atoms with Gasteiger partial charge in [0.2, 0.25) is 5.91 Å². The average molecular weight is 335 g/mol. The number of para-hydroxylation sites is 1. The van der Waals surface area contributed by atoms with E-state index in [1.54, 1.807) is 38.1 Å². The molecule has 1 aromatic heterocycles. The monoisotopic (exact) mass is 335 g/mol. The standard InChI is InChI=1S/C15H17N3O4S/c1-15(2,8-12(20)21)7-11(19)17-18-13(22)9-5-3-4-6-10(9)16-14(18)23/h3-6H,7-8H2,1-2H3,(H,16,23)(H,17,19)(H,20,21). The number of fused-ring (bicyclic) bond motifs is 1. The van der Waals surface area contributed by atoms with Crippen LogP contribution < -0.4 is 11.0 Å². The maximum atomic E-state index is 12.4. The first kappa shape index (κ1) is 16.9. The highest BCUT2D eigenvalue weighted by atomic mass is 32.1. The molecule has 122 valence electrons. The van der Waals surface area contributed by atoms with Gasteiger partial charge in [0.25, 0.3) is 5.56 Å². The van der Waals surface area contributed by atoms with Crippen LogP contribution in [-0.4, -0.2) is 26.6 Å². The number of hydrogen-bond donors (Lipinski definition) is 3. The third kappa shape index (κ3) is 4.04. The van der Waals surface area contributed by atoms with Crippen molar-refractivity contribution in [2.24, 2.45) is 5.41 Å². The predicted molar refractivity (Wildman–Crippen MR) is 88.4 cm³/mol. The van der Waals surface area contributed by atoms with Crippen LogP contribution in [0.4, 0.5) is 0 Å². The van der Waals surface area contributed by atoms with Crippen molar-refractivity contribution < 1.29 is 14.7 Å². The molecule has 1 amide bonds. The van der Waals surface area contributed by atoms with Crippen LogP contribution in [0.2, 0.25) is 0 Å². The summed E-state index contributed by atoms with van der Waals surface area (Å²) in [5.41, 5.74) is 1.85. The molecular formula is C15H17N3O4S. The summed E-state index contributed by atoms with van der Waals surface area (Å²) in [6, 6.07) is 6.82. The molecule has 2 rings (SSSR count). The zero-order chi connectivity index (χ0) is 17.2. The van der Waals surface area contributed by atoms with Gasteiger partial charge < -0.3 is 10.1 Å². The minimum Gasteiger partial charge on any atom is -0.481 e. The quantitative estimate of drug-likeness (QED) is 0.725. The number of nitrogens with zero attached hydrogens (tertiary/aromatic N) is 1. The van der Waals surface area contributed by atoms with Crippen molar-refractivity contribution in [3.63, 3.8) is 0 Å². The molecule has 0 aliphatic heterocycles. The van der Waals surface area contributed by atoms with Gasteiger partial charge in [0.05, 0.1) is 17.3 Å². The molecule has 0 aliphatic rings. The number of amides is 1. The van der Waals surface area contributed by atoms with E-state index in [-0.39, 0.29) is 17.6 Å². The predicted octanol–water partition coefficient (Wildman–Crippen LogP) is 2.02. The zero-order valence-corrected chi connectivity index (χ0v) is 13.6. The molecular weight excluding hydrogens is 318 g/mol. The van der Waals surface area contributed by atoms with E-state index in [0.29, 0.717) is 10.9 Å². The van der Waals surface area contributed by atoms with Crippen molar-refractivity contribution in [2.45, 2.75) is 26.7 Å². The molecule has 0 spiro atoms. The summed E-state index contributed by atoms with van der Waals surface area (Å²) < 4.78 is 1.04. The number of carboxylic acid groups (broad SMARTS) is 1. The SMILES string of the molecule is CC(C)(CC(=O)O)CC(=O)Nn1c(=S)[nH]c2ccccc2c1=O. The fourth-order valence-corrected chi connectivity index (χ4v) is 2.57. The zero-order valence-electron chi connectivity index (χ0n) is 12.8. The van der Waals surface area contributed by atoms with Gasteiger partial charge in [-0.2, -0.15) is 4.68 Å². The van der Waals surface area contributed by atoms with Crippen LogP contribution in [0.3, 0.4) is 0 Å². The summed E-state index contributed by atoms with van der Waals surface area (Å²) in [5, 5.41) is 9.24. The number of aromatic amines is 1. The third-order valence-corrected chi connectivity index (χ3v) is 3.60. The lowest BCUT2D eigenvalue weighted by Gasteiger charge is -2.21. The van der Waals surface area contributed by atoms with Crippen molar-refractivity contribution >= 4 is 35.0 Å². The van der Waals surface area contributed by atoms with Crippen molar-refractivity contribution in [3.8, 4) is 0 Å². The van der Waals surface area contributed by atoms with Crippen LogP contribution in [0.1, 0.15) is 26.7 Å². The maximum absolute atomic E-state index is 12.4. The summed E-state index contributed by atoms with van der Waals surface area (Å²) >= 11 is 5.10. The summed E-state index contributed by atoms with van der Waals surface area (Å²) in [6.45, 7) is 3.34. The van der Waals surface area contributed by atoms with E-state index >= 15 is 0 Å². The minimum atomic E-state index is -0.983. The Kier molecular flexibility index (Phi) is 4.65. The van der Waals surface area contributed by atoms with E-state index < -0.39 is 22.9 Å². The van der Waals surface area contributed by atoms with Gasteiger partial charge in [0, 0.05) is 6.42 Å². The van der Waals surface area contributed by atoms with Crippen LogP contribution in [0.5, 0.6) is 0 Å². The molecule has 0 saturated heterocycles. The van der Waals surface area contributed by atoms with Crippen molar-refractivity contribution in [2.75, 3.05) is 5.43 Å². The molecule has 1 heterocycles. The van der Waals surface area contributed by atoms with Gasteiger partial charge in [-0.3, -0.25) is 19.8 Å². The van der Waals surface area contributed by atoms with Crippen LogP contribution >= 0.6 is 12.2 Å². The highest BCUT2D eigenvalue weighted by Crippen LogP contribution is 2.24. The lowest BCUT2D eigenvalue weighted by Crippen LogP contribution is -2.36. The van der Waals surface area contributed by atoms with Gasteiger partial charge in [-0.1, -0.05) is 26.0 Å². The summed E-state index contributed by atoms with van der Waals surface area (Å²) in [7, 11) is 0. The van der Waals surface area contributed by atoms with Crippen LogP contribution in [0.25, 0.3) is 10.9 Å². The Labute approximate surface area is 136 Å². The molecule has 0 atom stereocenters. The molecule has 0 unspecified atom stereocenters. The van der Waals surface area contributed by atoms with Gasteiger partial charge >= 0.3 is 5.97 Å². The lowest BCUT2D eigenvalue weighted by molar-refractivity contribution is -0.139. The summed E-state index contributed by atoms with van der Waals surface area (Å²) in [5.74, 6) is -1.46. The number of aromatic nitrogens is 2. The molecule has 0 radical (unpaired) electrons. The first-order valence-electron chi connectivity index (χ1n) is 6.95. The number of rotatable bonds is 5. The largest absolute Gasteiger partial charge is 0.481 e. The lowest BCUT2D eigenvalue weighted by atomic mass is 9.85. The third-order valence-electron chi connectivity index (χ3n) is 3.31. The van der Waals surface area contributed by atoms with Gasteiger partial charge in [0.15, 0.2) is 4.77 Å². The van der Waals surface area contributed by atoms with Crippen LogP contribution in [-0.2, 0) is 9.59 Å². The summed E-state index contributed by atoms with van der Waals surface area (Å²) in [6.07, 6.45) is -0.201. The van der Waals surface area contributed by atoms with Crippen molar-refractivity contribution in [1.29, 1.82) is 0 Å². The highest BCUT2D eigenvalue weighted by Gasteiger charge is 2.25. The fourth-order valence-electron chi connectivity index (χ4n) is 2.33. The molecule has 3 N–H and O–H groups in total. The molecule has 1 aromatic carbocycles. The average Bonchev–Trinajstić information content (AvgIpc) is 2.41. The number of aliphatic carboxylic acids is 1. The number of benzene rings is 1. The number of carbonyl (C=O) groups is 2. The number of H-pyrrole nitrogens is 1. The topological polar surface area (TPSA) is 104 Å². The highest BCUT2D eigenvalue weighted by molar-refractivity contribution is 7.71. The van der Waals surface area contributed by atoms with E-state index in [4.69, 9.17) is 17.3 Å². The molecule has 0 bridgehead atoms. The number of carbonyl (C=O) groups excluding carboxylic acids is 1. The van der Waals surface area contributed by atoms with Crippen LogP contribution in [0.15, 0.2) is 29.1 Å². The van der Waals surface area contributed by atoms with Crippen LogP contribution in [0, 0.1) is 10.2 Å². The van der Waals surface area contributed by atoms with Crippen molar-refractivity contribution in [3.05, 3.63) is 39.4 Å². The Hall–Kier alpha value is -2.48. The smallest absolute Gasteiger partial charge is 0.303 e. The van der Waals surface area contributed by atoms with Gasteiger partial charge in [0.1, 0.15) is 0 Å². The molecule has 0 aliphatic carbocycles. The van der Waals surface area contributed by atoms with E-state index in [2.05, 4.69) is 10.4 Å². The first-order chi connectivity index (χ1) is 10.7. The molecule has 7 nitrogen and oxygen atoms in total. The molecule has 2 aromatic rings. The fraction of sp³-hybridized carbons (Fsp3) is 0.333. The Balaban J connectivity index is 2.28. The van der Waals surface area contributed by atoms with Crippen molar-refractivity contribution in [1.82, 2.24) is 9.66 Å². The minimum absolute atomic E-state index is 0.0483. The Morgan fingerprint density at radius 2 is 1.96 bits per heavy atom. The van der Waals surface area contributed by atoms with Gasteiger partial charge in [-0.05, 0) is 29.8 Å². The Morgan fingerprint density at radius 1 is 1.30 bits per heavy atom. The number of hydrogen-bond acceptors (Lipinski definition) is 4. The molecule has 8 heteroatoms. The molecule has 0 fully saturated rings. The van der Waals surface area contributed by atoms with Gasteiger partial charge in [-0.15, -0.1) is 0 Å². The molecule has 0 saturated carbocycles. The second kappa shape index (κ2) is 6.33. The van der Waals surface area contributed by atoms with E-state index in [1.807, 2.05) is 0 Å². The maximum Gasteiger partial charge on any atom is 0.303 e.